The molecule has 1 N–H and O–H groups in total. The predicted molar refractivity (Wildman–Crippen MR) is 82.8 cm³/mol. The summed E-state index contributed by atoms with van der Waals surface area (Å²) in [7, 11) is 0. The highest BCUT2D eigenvalue weighted by Crippen LogP contribution is 2.39. The maximum Gasteiger partial charge on any atom is 0.0795 e. The van der Waals surface area contributed by atoms with E-state index in [1.165, 1.54) is 69.4 Å². The molecule has 0 radical (unpaired) electrons. The Hall–Kier alpha value is 0.270. The summed E-state index contributed by atoms with van der Waals surface area (Å²) in [6, 6.07) is 0.700. The quantitative estimate of drug-likeness (QED) is 0.855. The summed E-state index contributed by atoms with van der Waals surface area (Å²) in [5.74, 6) is 2.52. The zero-order valence-corrected chi connectivity index (χ0v) is 13.2. The summed E-state index contributed by atoms with van der Waals surface area (Å²) in [4.78, 5) is 0. The molecule has 0 aromatic carbocycles. The molecular weight excluding hydrogens is 254 g/mol. The van der Waals surface area contributed by atoms with Crippen LogP contribution in [0.1, 0.15) is 58.3 Å². The van der Waals surface area contributed by atoms with Gasteiger partial charge in [0.25, 0.3) is 0 Å². The van der Waals surface area contributed by atoms with Crippen LogP contribution in [-0.2, 0) is 4.74 Å². The molecule has 2 unspecified atom stereocenters. The van der Waals surface area contributed by atoms with Gasteiger partial charge < -0.3 is 10.1 Å². The average molecular weight is 283 g/mol. The molecule has 0 aromatic rings. The minimum Gasteiger partial charge on any atom is -0.374 e. The standard InChI is InChI=1S/C16H29NOS/c1-15(6-3-2-4-7-15)12-17-14-5-9-18-16(11-14)8-10-19-13-16/h14,17H,2-13H2,1H3. The Morgan fingerprint density at radius 3 is 2.79 bits per heavy atom. The summed E-state index contributed by atoms with van der Waals surface area (Å²) >= 11 is 2.07. The second-order valence-electron chi connectivity index (χ2n) is 7.28. The van der Waals surface area contributed by atoms with Crippen molar-refractivity contribution in [3.05, 3.63) is 0 Å². The van der Waals surface area contributed by atoms with Gasteiger partial charge in [-0.1, -0.05) is 26.2 Å². The SMILES string of the molecule is CC1(CNC2CCOC3(CCSC3)C2)CCCCC1. The van der Waals surface area contributed by atoms with Crippen LogP contribution in [0.4, 0.5) is 0 Å². The van der Waals surface area contributed by atoms with Gasteiger partial charge in [-0.3, -0.25) is 0 Å². The minimum absolute atomic E-state index is 0.230. The van der Waals surface area contributed by atoms with E-state index >= 15 is 0 Å². The molecule has 2 atom stereocenters. The number of thioether (sulfide) groups is 1. The molecule has 0 bridgehead atoms. The van der Waals surface area contributed by atoms with Crippen LogP contribution in [0.3, 0.4) is 0 Å². The monoisotopic (exact) mass is 283 g/mol. The second-order valence-corrected chi connectivity index (χ2v) is 8.38. The van der Waals surface area contributed by atoms with E-state index in [1.807, 2.05) is 0 Å². The fraction of sp³-hybridized carbons (Fsp3) is 1.00. The molecule has 3 aliphatic rings. The molecule has 3 rings (SSSR count). The normalized spacial score (nSPS) is 38.7. The molecular formula is C16H29NOS. The van der Waals surface area contributed by atoms with Crippen molar-refractivity contribution in [1.29, 1.82) is 0 Å². The third-order valence-electron chi connectivity index (χ3n) is 5.44. The number of ether oxygens (including phenoxy) is 1. The highest BCUT2D eigenvalue weighted by atomic mass is 32.2. The van der Waals surface area contributed by atoms with Crippen molar-refractivity contribution in [2.45, 2.75) is 69.9 Å². The lowest BCUT2D eigenvalue weighted by molar-refractivity contribution is -0.0712. The van der Waals surface area contributed by atoms with Gasteiger partial charge in [-0.2, -0.15) is 11.8 Å². The molecule has 19 heavy (non-hydrogen) atoms. The first-order chi connectivity index (χ1) is 9.20. The van der Waals surface area contributed by atoms with Crippen molar-refractivity contribution in [1.82, 2.24) is 5.32 Å². The second kappa shape index (κ2) is 5.95. The van der Waals surface area contributed by atoms with Gasteiger partial charge in [0.1, 0.15) is 0 Å². The summed E-state index contributed by atoms with van der Waals surface area (Å²) in [6.45, 7) is 4.68. The number of hydrogen-bond donors (Lipinski definition) is 1. The zero-order chi connectivity index (χ0) is 13.2. The Bertz CT molecular complexity index is 295. The number of rotatable bonds is 3. The molecule has 2 nitrogen and oxygen atoms in total. The smallest absolute Gasteiger partial charge is 0.0795 e. The molecule has 1 aliphatic carbocycles. The van der Waals surface area contributed by atoms with E-state index in [2.05, 4.69) is 24.0 Å². The van der Waals surface area contributed by atoms with Crippen LogP contribution in [0.25, 0.3) is 0 Å². The van der Waals surface area contributed by atoms with Crippen LogP contribution < -0.4 is 5.32 Å². The van der Waals surface area contributed by atoms with Crippen LogP contribution in [-0.4, -0.2) is 36.3 Å². The summed E-state index contributed by atoms with van der Waals surface area (Å²) in [5, 5.41) is 3.89. The summed E-state index contributed by atoms with van der Waals surface area (Å²) < 4.78 is 6.11. The maximum atomic E-state index is 6.11. The number of nitrogens with one attached hydrogen (secondary N) is 1. The molecule has 0 amide bonds. The van der Waals surface area contributed by atoms with Gasteiger partial charge in [-0.15, -0.1) is 0 Å². The third-order valence-corrected chi connectivity index (χ3v) is 6.66. The van der Waals surface area contributed by atoms with Gasteiger partial charge in [0, 0.05) is 24.9 Å². The van der Waals surface area contributed by atoms with E-state index in [4.69, 9.17) is 4.74 Å². The van der Waals surface area contributed by atoms with Gasteiger partial charge >= 0.3 is 0 Å². The lowest BCUT2D eigenvalue weighted by Gasteiger charge is -2.41. The molecule has 1 spiro atoms. The van der Waals surface area contributed by atoms with E-state index in [9.17, 15) is 0 Å². The van der Waals surface area contributed by atoms with Gasteiger partial charge in [0.05, 0.1) is 5.60 Å². The van der Waals surface area contributed by atoms with Crippen LogP contribution in [0.2, 0.25) is 0 Å². The molecule has 3 fully saturated rings. The Morgan fingerprint density at radius 2 is 2.05 bits per heavy atom. The molecule has 110 valence electrons. The maximum absolute atomic E-state index is 6.11. The zero-order valence-electron chi connectivity index (χ0n) is 12.4. The molecule has 2 aliphatic heterocycles. The lowest BCUT2D eigenvalue weighted by atomic mass is 9.75. The Balaban J connectivity index is 1.49. The highest BCUT2D eigenvalue weighted by molar-refractivity contribution is 7.99. The van der Waals surface area contributed by atoms with E-state index in [1.54, 1.807) is 0 Å². The van der Waals surface area contributed by atoms with Crippen LogP contribution in [0.5, 0.6) is 0 Å². The summed E-state index contributed by atoms with van der Waals surface area (Å²) in [6.07, 6.45) is 10.9. The molecule has 2 saturated heterocycles. The number of hydrogen-bond acceptors (Lipinski definition) is 3. The highest BCUT2D eigenvalue weighted by Gasteiger charge is 2.40. The molecule has 2 heterocycles. The van der Waals surface area contributed by atoms with Crippen molar-refractivity contribution < 1.29 is 4.74 Å². The Kier molecular flexibility index (Phi) is 4.45. The first-order valence-corrected chi connectivity index (χ1v) is 9.30. The summed E-state index contributed by atoms with van der Waals surface area (Å²) in [5.41, 5.74) is 0.794. The van der Waals surface area contributed by atoms with Crippen molar-refractivity contribution in [3.8, 4) is 0 Å². The third kappa shape index (κ3) is 3.48. The van der Waals surface area contributed by atoms with Crippen LogP contribution in [0, 0.1) is 5.41 Å². The topological polar surface area (TPSA) is 21.3 Å². The van der Waals surface area contributed by atoms with Crippen molar-refractivity contribution in [2.75, 3.05) is 24.7 Å². The average Bonchev–Trinajstić information content (AvgIpc) is 2.86. The fourth-order valence-corrected chi connectivity index (χ4v) is 5.42. The van der Waals surface area contributed by atoms with Gasteiger partial charge in [0.15, 0.2) is 0 Å². The van der Waals surface area contributed by atoms with Gasteiger partial charge in [0.2, 0.25) is 0 Å². The van der Waals surface area contributed by atoms with E-state index in [0.717, 1.165) is 6.61 Å². The van der Waals surface area contributed by atoms with Gasteiger partial charge in [-0.25, -0.2) is 0 Å². The van der Waals surface area contributed by atoms with E-state index in [-0.39, 0.29) is 5.60 Å². The van der Waals surface area contributed by atoms with E-state index in [0.29, 0.717) is 11.5 Å². The molecule has 1 saturated carbocycles. The van der Waals surface area contributed by atoms with Crippen molar-refractivity contribution in [3.63, 3.8) is 0 Å². The Labute approximate surface area is 122 Å². The first-order valence-electron chi connectivity index (χ1n) is 8.15. The largest absolute Gasteiger partial charge is 0.374 e. The molecule has 0 aromatic heterocycles. The fourth-order valence-electron chi connectivity index (χ4n) is 4.04. The van der Waals surface area contributed by atoms with Crippen LogP contribution >= 0.6 is 11.8 Å². The minimum atomic E-state index is 0.230. The first kappa shape index (κ1) is 14.2. The van der Waals surface area contributed by atoms with Crippen molar-refractivity contribution in [2.24, 2.45) is 5.41 Å². The lowest BCUT2D eigenvalue weighted by Crippen LogP contribution is -2.49. The molecule has 3 heteroatoms. The van der Waals surface area contributed by atoms with E-state index < -0.39 is 0 Å². The predicted octanol–water partition coefficient (Wildman–Crippen LogP) is 3.60. The Morgan fingerprint density at radius 1 is 1.21 bits per heavy atom. The van der Waals surface area contributed by atoms with Crippen LogP contribution in [0.15, 0.2) is 0 Å². The van der Waals surface area contributed by atoms with Crippen molar-refractivity contribution >= 4 is 11.8 Å². The van der Waals surface area contributed by atoms with Gasteiger partial charge in [-0.05, 0) is 43.3 Å².